The molecule has 3 rings (SSSR count). The maximum absolute atomic E-state index is 12.7. The smallest absolute Gasteiger partial charge is 0.268 e. The summed E-state index contributed by atoms with van der Waals surface area (Å²) in [5.41, 5.74) is 2.05. The third-order valence-electron chi connectivity index (χ3n) is 3.92. The van der Waals surface area contributed by atoms with Crippen LogP contribution in [0.15, 0.2) is 84.8 Å². The Morgan fingerprint density at radius 2 is 1.71 bits per heavy atom. The Bertz CT molecular complexity index is 989. The van der Waals surface area contributed by atoms with Crippen molar-refractivity contribution in [3.8, 4) is 0 Å². The molecule has 3 aromatic rings. The minimum absolute atomic E-state index is 0.119. The van der Waals surface area contributed by atoms with Crippen molar-refractivity contribution in [2.45, 2.75) is 6.54 Å². The van der Waals surface area contributed by atoms with Crippen molar-refractivity contribution in [1.29, 1.82) is 0 Å². The summed E-state index contributed by atoms with van der Waals surface area (Å²) in [4.78, 5) is 29.3. The zero-order valence-electron chi connectivity index (χ0n) is 14.9. The van der Waals surface area contributed by atoms with Gasteiger partial charge in [0.15, 0.2) is 0 Å². The second-order valence-electron chi connectivity index (χ2n) is 5.94. The number of carbonyl (C=O) groups is 2. The van der Waals surface area contributed by atoms with E-state index in [0.29, 0.717) is 16.1 Å². The predicted octanol–water partition coefficient (Wildman–Crippen LogP) is 3.82. The molecule has 0 unspecified atom stereocenters. The highest BCUT2D eigenvalue weighted by atomic mass is 35.5. The molecule has 28 heavy (non-hydrogen) atoms. The second kappa shape index (κ2) is 9.48. The molecule has 0 saturated carbocycles. The van der Waals surface area contributed by atoms with Crippen LogP contribution in [0.5, 0.6) is 0 Å². The van der Waals surface area contributed by atoms with Gasteiger partial charge >= 0.3 is 0 Å². The molecule has 0 aliphatic rings. The molecule has 2 N–H and O–H groups in total. The van der Waals surface area contributed by atoms with Crippen LogP contribution in [-0.2, 0) is 11.3 Å². The SMILES string of the molecule is O=C(NCc1ccccc1Cl)/C(=C/c1cccnc1)NC(=O)c1ccccc1. The lowest BCUT2D eigenvalue weighted by atomic mass is 10.2. The second-order valence-corrected chi connectivity index (χ2v) is 6.35. The topological polar surface area (TPSA) is 71.1 Å². The first-order valence-electron chi connectivity index (χ1n) is 8.63. The van der Waals surface area contributed by atoms with Gasteiger partial charge in [0.05, 0.1) is 0 Å². The van der Waals surface area contributed by atoms with Crippen LogP contribution < -0.4 is 10.6 Å². The lowest BCUT2D eigenvalue weighted by Gasteiger charge is -2.12. The number of nitrogens with one attached hydrogen (secondary N) is 2. The number of carbonyl (C=O) groups excluding carboxylic acids is 2. The summed E-state index contributed by atoms with van der Waals surface area (Å²) >= 11 is 6.14. The lowest BCUT2D eigenvalue weighted by Crippen LogP contribution is -2.34. The number of benzene rings is 2. The molecule has 6 heteroatoms. The van der Waals surface area contributed by atoms with Crippen molar-refractivity contribution < 1.29 is 9.59 Å². The summed E-state index contributed by atoms with van der Waals surface area (Å²) in [6, 6.07) is 19.5. The number of amides is 2. The van der Waals surface area contributed by atoms with E-state index >= 15 is 0 Å². The molecule has 1 aromatic heterocycles. The molecule has 0 fully saturated rings. The molecule has 140 valence electrons. The third-order valence-corrected chi connectivity index (χ3v) is 4.29. The molecule has 0 aliphatic heterocycles. The average molecular weight is 392 g/mol. The molecule has 0 radical (unpaired) electrons. The first-order valence-corrected chi connectivity index (χ1v) is 9.01. The summed E-state index contributed by atoms with van der Waals surface area (Å²) in [6.07, 6.45) is 4.82. The van der Waals surface area contributed by atoms with E-state index in [2.05, 4.69) is 15.6 Å². The molecular weight excluding hydrogens is 374 g/mol. The van der Waals surface area contributed by atoms with Crippen molar-refractivity contribution in [3.05, 3.63) is 107 Å². The first kappa shape index (κ1) is 19.3. The summed E-state index contributed by atoms with van der Waals surface area (Å²) in [7, 11) is 0. The Morgan fingerprint density at radius 3 is 2.43 bits per heavy atom. The van der Waals surface area contributed by atoms with E-state index in [0.717, 1.165) is 5.56 Å². The van der Waals surface area contributed by atoms with Crippen LogP contribution in [0, 0.1) is 0 Å². The molecule has 1 heterocycles. The van der Waals surface area contributed by atoms with Gasteiger partial charge in [-0.25, -0.2) is 0 Å². The fourth-order valence-corrected chi connectivity index (χ4v) is 2.69. The van der Waals surface area contributed by atoms with Crippen LogP contribution in [0.4, 0.5) is 0 Å². The van der Waals surface area contributed by atoms with Crippen molar-refractivity contribution in [2.75, 3.05) is 0 Å². The van der Waals surface area contributed by atoms with Gasteiger partial charge in [0, 0.05) is 29.5 Å². The van der Waals surface area contributed by atoms with E-state index in [9.17, 15) is 9.59 Å². The number of hydrogen-bond acceptors (Lipinski definition) is 3. The van der Waals surface area contributed by atoms with Gasteiger partial charge in [0.25, 0.3) is 11.8 Å². The van der Waals surface area contributed by atoms with Gasteiger partial charge in [-0.05, 0) is 41.5 Å². The van der Waals surface area contributed by atoms with E-state index in [1.165, 1.54) is 0 Å². The predicted molar refractivity (Wildman–Crippen MR) is 109 cm³/mol. The zero-order valence-corrected chi connectivity index (χ0v) is 15.7. The van der Waals surface area contributed by atoms with Gasteiger partial charge in [-0.1, -0.05) is 54.1 Å². The van der Waals surface area contributed by atoms with E-state index in [1.54, 1.807) is 60.9 Å². The number of hydrogen-bond donors (Lipinski definition) is 2. The number of pyridine rings is 1. The molecule has 0 saturated heterocycles. The Kier molecular flexibility index (Phi) is 6.54. The number of halogens is 1. The van der Waals surface area contributed by atoms with Crippen LogP contribution in [0.25, 0.3) is 6.08 Å². The molecule has 0 bridgehead atoms. The van der Waals surface area contributed by atoms with Crippen molar-refractivity contribution in [1.82, 2.24) is 15.6 Å². The van der Waals surface area contributed by atoms with Gasteiger partial charge in [-0.15, -0.1) is 0 Å². The molecule has 2 aromatic carbocycles. The Hall–Kier alpha value is -3.44. The summed E-state index contributed by atoms with van der Waals surface area (Å²) < 4.78 is 0. The molecule has 0 atom stereocenters. The maximum Gasteiger partial charge on any atom is 0.268 e. The van der Waals surface area contributed by atoms with Crippen LogP contribution in [0.2, 0.25) is 5.02 Å². The standard InChI is InChI=1S/C22H18ClN3O2/c23-19-11-5-4-10-18(19)15-25-22(28)20(13-16-7-6-12-24-14-16)26-21(27)17-8-2-1-3-9-17/h1-14H,15H2,(H,25,28)(H,26,27)/b20-13-. The highest BCUT2D eigenvalue weighted by Crippen LogP contribution is 2.14. The maximum atomic E-state index is 12.7. The van der Waals surface area contributed by atoms with Crippen molar-refractivity contribution in [2.24, 2.45) is 0 Å². The Balaban J connectivity index is 1.79. The van der Waals surface area contributed by atoms with Crippen molar-refractivity contribution >= 4 is 29.5 Å². The molecular formula is C22H18ClN3O2. The third kappa shape index (κ3) is 5.28. The van der Waals surface area contributed by atoms with Crippen molar-refractivity contribution in [3.63, 3.8) is 0 Å². The summed E-state index contributed by atoms with van der Waals surface area (Å²) in [5.74, 6) is -0.795. The highest BCUT2D eigenvalue weighted by molar-refractivity contribution is 6.31. The summed E-state index contributed by atoms with van der Waals surface area (Å²) in [6.45, 7) is 0.240. The Morgan fingerprint density at radius 1 is 0.964 bits per heavy atom. The minimum Gasteiger partial charge on any atom is -0.347 e. The molecule has 0 spiro atoms. The average Bonchev–Trinajstić information content (AvgIpc) is 2.74. The molecule has 2 amide bonds. The largest absolute Gasteiger partial charge is 0.347 e. The lowest BCUT2D eigenvalue weighted by molar-refractivity contribution is -0.117. The van der Waals surface area contributed by atoms with Crippen LogP contribution in [-0.4, -0.2) is 16.8 Å². The zero-order chi connectivity index (χ0) is 19.8. The number of nitrogens with zero attached hydrogens (tertiary/aromatic N) is 1. The van der Waals surface area contributed by atoms with Gasteiger partial charge < -0.3 is 10.6 Å². The number of rotatable bonds is 6. The van der Waals surface area contributed by atoms with Crippen LogP contribution in [0.3, 0.4) is 0 Å². The van der Waals surface area contributed by atoms with Gasteiger partial charge in [0.2, 0.25) is 0 Å². The van der Waals surface area contributed by atoms with Gasteiger partial charge in [0.1, 0.15) is 5.70 Å². The van der Waals surface area contributed by atoms with E-state index in [1.807, 2.05) is 24.3 Å². The van der Waals surface area contributed by atoms with E-state index in [4.69, 9.17) is 11.6 Å². The van der Waals surface area contributed by atoms with Crippen LogP contribution >= 0.6 is 11.6 Å². The van der Waals surface area contributed by atoms with Gasteiger partial charge in [-0.2, -0.15) is 0 Å². The fourth-order valence-electron chi connectivity index (χ4n) is 2.48. The van der Waals surface area contributed by atoms with E-state index < -0.39 is 5.91 Å². The summed E-state index contributed by atoms with van der Waals surface area (Å²) in [5, 5.41) is 6.04. The normalized spacial score (nSPS) is 11.0. The monoisotopic (exact) mass is 391 g/mol. The Labute approximate surface area is 168 Å². The fraction of sp³-hybridized carbons (Fsp3) is 0.0455. The molecule has 5 nitrogen and oxygen atoms in total. The molecule has 0 aliphatic carbocycles. The quantitative estimate of drug-likeness (QED) is 0.627. The number of aromatic nitrogens is 1. The highest BCUT2D eigenvalue weighted by Gasteiger charge is 2.15. The first-order chi connectivity index (χ1) is 13.6. The van der Waals surface area contributed by atoms with Crippen LogP contribution in [0.1, 0.15) is 21.5 Å². The minimum atomic E-state index is -0.423. The van der Waals surface area contributed by atoms with E-state index in [-0.39, 0.29) is 18.1 Å². The van der Waals surface area contributed by atoms with Gasteiger partial charge in [-0.3, -0.25) is 14.6 Å².